The van der Waals surface area contributed by atoms with Crippen LogP contribution in [0, 0.1) is 5.82 Å². The van der Waals surface area contributed by atoms with Gasteiger partial charge in [0, 0.05) is 43.9 Å². The second-order valence-corrected chi connectivity index (χ2v) is 6.02. The van der Waals surface area contributed by atoms with Crippen LogP contribution in [0.15, 0.2) is 34.9 Å². The van der Waals surface area contributed by atoms with Crippen molar-refractivity contribution in [1.29, 1.82) is 0 Å². The first kappa shape index (κ1) is 15.5. The highest BCUT2D eigenvalue weighted by Crippen LogP contribution is 2.19. The Balaban J connectivity index is 1.61. The molecule has 0 radical (unpaired) electrons. The van der Waals surface area contributed by atoms with Crippen LogP contribution in [-0.4, -0.2) is 42.1 Å². The molecular weight excluding hydrogens is 297 g/mol. The zero-order chi connectivity index (χ0) is 16.4. The van der Waals surface area contributed by atoms with E-state index in [1.807, 2.05) is 13.8 Å². The average Bonchev–Trinajstić information content (AvgIpc) is 3.05. The van der Waals surface area contributed by atoms with Gasteiger partial charge in [0.1, 0.15) is 11.6 Å². The molecule has 2 aromatic rings. The highest BCUT2D eigenvalue weighted by Gasteiger charge is 2.25. The standard InChI is InChI=1S/C17H20FN3O2/c1-12(2)16-11-15(19-23-16)17(22)21-9-7-20(8-10-21)14-5-3-13(18)4-6-14/h3-6,11-12H,7-10H2,1-2H3. The molecule has 1 saturated heterocycles. The van der Waals surface area contributed by atoms with Crippen LogP contribution < -0.4 is 4.90 Å². The van der Waals surface area contributed by atoms with Gasteiger partial charge in [-0.1, -0.05) is 19.0 Å². The summed E-state index contributed by atoms with van der Waals surface area (Å²) in [6.07, 6.45) is 0. The minimum absolute atomic E-state index is 0.0978. The van der Waals surface area contributed by atoms with Crippen LogP contribution >= 0.6 is 0 Å². The van der Waals surface area contributed by atoms with Crippen molar-refractivity contribution < 1.29 is 13.7 Å². The molecule has 1 aliphatic rings. The molecule has 2 heterocycles. The minimum atomic E-state index is -0.241. The van der Waals surface area contributed by atoms with Crippen LogP contribution in [-0.2, 0) is 0 Å². The Morgan fingerprint density at radius 2 is 1.83 bits per heavy atom. The van der Waals surface area contributed by atoms with E-state index in [1.165, 1.54) is 12.1 Å². The Hall–Kier alpha value is -2.37. The van der Waals surface area contributed by atoms with Crippen molar-refractivity contribution >= 4 is 11.6 Å². The molecule has 1 aliphatic heterocycles. The second-order valence-electron chi connectivity index (χ2n) is 6.02. The molecule has 5 nitrogen and oxygen atoms in total. The maximum Gasteiger partial charge on any atom is 0.276 e. The van der Waals surface area contributed by atoms with E-state index in [0.29, 0.717) is 31.9 Å². The third-order valence-corrected chi connectivity index (χ3v) is 4.08. The number of rotatable bonds is 3. The quantitative estimate of drug-likeness (QED) is 0.873. The summed E-state index contributed by atoms with van der Waals surface area (Å²) in [6, 6.07) is 8.16. The van der Waals surface area contributed by atoms with Gasteiger partial charge in [-0.05, 0) is 24.3 Å². The van der Waals surface area contributed by atoms with Gasteiger partial charge in [-0.25, -0.2) is 4.39 Å². The molecule has 3 rings (SSSR count). The van der Waals surface area contributed by atoms with E-state index in [9.17, 15) is 9.18 Å². The van der Waals surface area contributed by atoms with Crippen LogP contribution in [0.25, 0.3) is 0 Å². The molecule has 0 unspecified atom stereocenters. The first-order valence-electron chi connectivity index (χ1n) is 7.81. The number of hydrogen-bond acceptors (Lipinski definition) is 4. The zero-order valence-corrected chi connectivity index (χ0v) is 13.3. The van der Waals surface area contributed by atoms with Gasteiger partial charge in [0.2, 0.25) is 0 Å². The number of piperazine rings is 1. The molecule has 6 heteroatoms. The monoisotopic (exact) mass is 317 g/mol. The molecule has 23 heavy (non-hydrogen) atoms. The number of carbonyl (C=O) groups excluding carboxylic acids is 1. The predicted octanol–water partition coefficient (Wildman–Crippen LogP) is 2.90. The fourth-order valence-electron chi connectivity index (χ4n) is 2.64. The van der Waals surface area contributed by atoms with Gasteiger partial charge >= 0.3 is 0 Å². The molecule has 1 amide bonds. The van der Waals surface area contributed by atoms with Crippen LogP contribution in [0.4, 0.5) is 10.1 Å². The molecular formula is C17H20FN3O2. The SMILES string of the molecule is CC(C)c1cc(C(=O)N2CCN(c3ccc(F)cc3)CC2)no1. The third kappa shape index (κ3) is 3.36. The summed E-state index contributed by atoms with van der Waals surface area (Å²) in [5, 5.41) is 3.88. The normalized spacial score (nSPS) is 15.3. The number of amides is 1. The predicted molar refractivity (Wildman–Crippen MR) is 85.1 cm³/mol. The Morgan fingerprint density at radius 1 is 1.17 bits per heavy atom. The van der Waals surface area contributed by atoms with Crippen LogP contribution in [0.5, 0.6) is 0 Å². The average molecular weight is 317 g/mol. The molecule has 1 aromatic heterocycles. The van der Waals surface area contributed by atoms with Crippen LogP contribution in [0.3, 0.4) is 0 Å². The van der Waals surface area contributed by atoms with E-state index in [-0.39, 0.29) is 17.6 Å². The number of halogens is 1. The lowest BCUT2D eigenvalue weighted by atomic mass is 10.1. The molecule has 0 saturated carbocycles. The Labute approximate surface area is 134 Å². The Bertz CT molecular complexity index is 673. The lowest BCUT2D eigenvalue weighted by Gasteiger charge is -2.35. The molecule has 0 bridgehead atoms. The van der Waals surface area contributed by atoms with Gasteiger partial charge in [-0.15, -0.1) is 0 Å². The molecule has 1 fully saturated rings. The Kier molecular flexibility index (Phi) is 4.32. The Morgan fingerprint density at radius 3 is 2.39 bits per heavy atom. The molecule has 0 spiro atoms. The summed E-state index contributed by atoms with van der Waals surface area (Å²) in [5.41, 5.74) is 1.34. The van der Waals surface area contributed by atoms with Crippen molar-refractivity contribution in [3.63, 3.8) is 0 Å². The van der Waals surface area contributed by atoms with E-state index in [0.717, 1.165) is 11.4 Å². The smallest absolute Gasteiger partial charge is 0.276 e. The summed E-state index contributed by atoms with van der Waals surface area (Å²) in [7, 11) is 0. The fourth-order valence-corrected chi connectivity index (χ4v) is 2.64. The van der Waals surface area contributed by atoms with Crippen molar-refractivity contribution in [2.75, 3.05) is 31.1 Å². The van der Waals surface area contributed by atoms with Gasteiger partial charge in [0.05, 0.1) is 0 Å². The van der Waals surface area contributed by atoms with Crippen LogP contribution in [0.2, 0.25) is 0 Å². The lowest BCUT2D eigenvalue weighted by molar-refractivity contribution is 0.0736. The van der Waals surface area contributed by atoms with Crippen molar-refractivity contribution in [2.24, 2.45) is 0 Å². The summed E-state index contributed by atoms with van der Waals surface area (Å²) in [5.74, 6) is 0.589. The number of hydrogen-bond donors (Lipinski definition) is 0. The fraction of sp³-hybridized carbons (Fsp3) is 0.412. The summed E-state index contributed by atoms with van der Waals surface area (Å²) in [6.45, 7) is 6.64. The first-order valence-corrected chi connectivity index (χ1v) is 7.81. The van der Waals surface area contributed by atoms with Gasteiger partial charge < -0.3 is 14.3 Å². The lowest BCUT2D eigenvalue weighted by Crippen LogP contribution is -2.48. The largest absolute Gasteiger partial charge is 0.368 e. The van der Waals surface area contributed by atoms with Crippen LogP contribution in [0.1, 0.15) is 36.0 Å². The van der Waals surface area contributed by atoms with Crippen molar-refractivity contribution in [3.05, 3.63) is 47.6 Å². The molecule has 0 N–H and O–H groups in total. The number of nitrogens with zero attached hydrogens (tertiary/aromatic N) is 3. The van der Waals surface area contributed by atoms with Gasteiger partial charge in [0.25, 0.3) is 5.91 Å². The number of carbonyl (C=O) groups is 1. The van der Waals surface area contributed by atoms with E-state index in [4.69, 9.17) is 4.52 Å². The maximum atomic E-state index is 13.0. The van der Waals surface area contributed by atoms with Gasteiger partial charge in [-0.3, -0.25) is 4.79 Å². The third-order valence-electron chi connectivity index (χ3n) is 4.08. The number of benzene rings is 1. The van der Waals surface area contributed by atoms with Crippen molar-refractivity contribution in [2.45, 2.75) is 19.8 Å². The summed E-state index contributed by atoms with van der Waals surface area (Å²) in [4.78, 5) is 16.4. The number of aromatic nitrogens is 1. The molecule has 0 aliphatic carbocycles. The summed E-state index contributed by atoms with van der Waals surface area (Å²) < 4.78 is 18.2. The highest BCUT2D eigenvalue weighted by atomic mass is 19.1. The maximum absolute atomic E-state index is 13.0. The van der Waals surface area contributed by atoms with E-state index in [2.05, 4.69) is 10.1 Å². The van der Waals surface area contributed by atoms with E-state index in [1.54, 1.807) is 23.1 Å². The minimum Gasteiger partial charge on any atom is -0.368 e. The summed E-state index contributed by atoms with van der Waals surface area (Å²) >= 11 is 0. The zero-order valence-electron chi connectivity index (χ0n) is 13.3. The highest BCUT2D eigenvalue weighted by molar-refractivity contribution is 5.92. The second kappa shape index (κ2) is 6.40. The van der Waals surface area contributed by atoms with Gasteiger partial charge in [0.15, 0.2) is 5.69 Å². The topological polar surface area (TPSA) is 49.6 Å². The van der Waals surface area contributed by atoms with Crippen molar-refractivity contribution in [3.8, 4) is 0 Å². The number of anilines is 1. The first-order chi connectivity index (χ1) is 11.0. The van der Waals surface area contributed by atoms with E-state index >= 15 is 0 Å². The van der Waals surface area contributed by atoms with Gasteiger partial charge in [-0.2, -0.15) is 0 Å². The molecule has 1 aromatic carbocycles. The van der Waals surface area contributed by atoms with Crippen molar-refractivity contribution in [1.82, 2.24) is 10.1 Å². The van der Waals surface area contributed by atoms with E-state index < -0.39 is 0 Å². The molecule has 122 valence electrons. The molecule has 0 atom stereocenters.